The molecule has 0 saturated carbocycles. The Labute approximate surface area is 179 Å². The highest BCUT2D eigenvalue weighted by molar-refractivity contribution is 6.31. The maximum atomic E-state index is 13.3. The monoisotopic (exact) mass is 436 g/mol. The van der Waals surface area contributed by atoms with Gasteiger partial charge < -0.3 is 9.47 Å². The lowest BCUT2D eigenvalue weighted by Crippen LogP contribution is -2.38. The summed E-state index contributed by atoms with van der Waals surface area (Å²) in [6, 6.07) is 13.2. The third-order valence-corrected chi connectivity index (χ3v) is 5.37. The van der Waals surface area contributed by atoms with Crippen molar-refractivity contribution >= 4 is 40.9 Å². The second kappa shape index (κ2) is 10.4. The SMILES string of the molecule is CC[C@H](C(=O)c1ccc(Cl)cc1)[C@H](c1ccc(Cl)cc1)C(C(=O)OC)C(=O)OC. The first-order valence-electron chi connectivity index (χ1n) is 9.04. The molecule has 29 heavy (non-hydrogen) atoms. The lowest BCUT2D eigenvalue weighted by Gasteiger charge is -2.30. The van der Waals surface area contributed by atoms with Gasteiger partial charge in [-0.15, -0.1) is 0 Å². The highest BCUT2D eigenvalue weighted by atomic mass is 35.5. The minimum absolute atomic E-state index is 0.207. The van der Waals surface area contributed by atoms with Gasteiger partial charge in [0.15, 0.2) is 11.7 Å². The van der Waals surface area contributed by atoms with Crippen molar-refractivity contribution in [3.05, 3.63) is 69.7 Å². The molecule has 0 aliphatic rings. The largest absolute Gasteiger partial charge is 0.468 e. The molecule has 0 fully saturated rings. The van der Waals surface area contributed by atoms with Crippen molar-refractivity contribution in [3.8, 4) is 0 Å². The average molecular weight is 437 g/mol. The normalized spacial score (nSPS) is 12.9. The molecule has 0 unspecified atom stereocenters. The van der Waals surface area contributed by atoms with Gasteiger partial charge in [-0.25, -0.2) is 0 Å². The molecule has 2 aromatic rings. The van der Waals surface area contributed by atoms with Crippen LogP contribution in [0, 0.1) is 11.8 Å². The number of benzene rings is 2. The van der Waals surface area contributed by atoms with Crippen LogP contribution < -0.4 is 0 Å². The Morgan fingerprint density at radius 2 is 1.28 bits per heavy atom. The molecule has 0 heterocycles. The van der Waals surface area contributed by atoms with E-state index in [2.05, 4.69) is 0 Å². The van der Waals surface area contributed by atoms with Crippen LogP contribution in [0.25, 0.3) is 0 Å². The molecule has 0 saturated heterocycles. The Balaban J connectivity index is 2.60. The zero-order valence-corrected chi connectivity index (χ0v) is 17.9. The van der Waals surface area contributed by atoms with Gasteiger partial charge in [-0.3, -0.25) is 14.4 Å². The van der Waals surface area contributed by atoms with E-state index in [-0.39, 0.29) is 5.78 Å². The molecule has 0 amide bonds. The summed E-state index contributed by atoms with van der Waals surface area (Å²) >= 11 is 11.9. The summed E-state index contributed by atoms with van der Waals surface area (Å²) in [7, 11) is 2.39. The van der Waals surface area contributed by atoms with E-state index < -0.39 is 29.7 Å². The van der Waals surface area contributed by atoms with Crippen LogP contribution in [0.5, 0.6) is 0 Å². The van der Waals surface area contributed by atoms with Crippen LogP contribution >= 0.6 is 23.2 Å². The summed E-state index contributed by atoms with van der Waals surface area (Å²) in [6.45, 7) is 1.83. The topological polar surface area (TPSA) is 69.7 Å². The van der Waals surface area contributed by atoms with Gasteiger partial charge in [0.25, 0.3) is 0 Å². The van der Waals surface area contributed by atoms with E-state index >= 15 is 0 Å². The number of esters is 2. The molecule has 2 rings (SSSR count). The first-order valence-corrected chi connectivity index (χ1v) is 9.80. The minimum atomic E-state index is -1.30. The molecule has 2 atom stereocenters. The van der Waals surface area contributed by atoms with Crippen LogP contribution in [0.2, 0.25) is 10.0 Å². The first-order chi connectivity index (χ1) is 13.8. The first kappa shape index (κ1) is 22.9. The number of carbonyl (C=O) groups is 3. The van der Waals surface area contributed by atoms with Crippen LogP contribution in [0.15, 0.2) is 48.5 Å². The molecule has 0 spiro atoms. The molecule has 0 bridgehead atoms. The lowest BCUT2D eigenvalue weighted by atomic mass is 9.72. The van der Waals surface area contributed by atoms with Gasteiger partial charge in [-0.1, -0.05) is 42.3 Å². The van der Waals surface area contributed by atoms with E-state index in [1.807, 2.05) is 6.92 Å². The number of hydrogen-bond acceptors (Lipinski definition) is 5. The lowest BCUT2D eigenvalue weighted by molar-refractivity contribution is -0.160. The van der Waals surface area contributed by atoms with E-state index in [1.165, 1.54) is 14.2 Å². The Morgan fingerprint density at radius 3 is 1.69 bits per heavy atom. The molecule has 7 heteroatoms. The van der Waals surface area contributed by atoms with Crippen LogP contribution in [0.3, 0.4) is 0 Å². The van der Waals surface area contributed by atoms with Gasteiger partial charge in [0.2, 0.25) is 0 Å². The third kappa shape index (κ3) is 5.37. The number of ketones is 1. The van der Waals surface area contributed by atoms with Crippen molar-refractivity contribution < 1.29 is 23.9 Å². The van der Waals surface area contributed by atoms with Crippen molar-refractivity contribution in [2.24, 2.45) is 11.8 Å². The molecule has 0 radical (unpaired) electrons. The molecular weight excluding hydrogens is 415 g/mol. The highest BCUT2D eigenvalue weighted by Gasteiger charge is 2.44. The predicted molar refractivity (Wildman–Crippen MR) is 111 cm³/mol. The van der Waals surface area contributed by atoms with Gasteiger partial charge in [-0.2, -0.15) is 0 Å². The number of Topliss-reactive ketones (excluding diaryl/α,β-unsaturated/α-hetero) is 1. The molecule has 0 aliphatic carbocycles. The Bertz CT molecular complexity index is 846. The fourth-order valence-electron chi connectivity index (χ4n) is 3.42. The second-order valence-electron chi connectivity index (χ2n) is 6.49. The number of hydrogen-bond donors (Lipinski definition) is 0. The molecule has 0 N–H and O–H groups in total. The summed E-state index contributed by atoms with van der Waals surface area (Å²) in [5.41, 5.74) is 1.05. The van der Waals surface area contributed by atoms with Gasteiger partial charge in [-0.05, 0) is 48.4 Å². The predicted octanol–water partition coefficient (Wildman–Crippen LogP) is 4.95. The maximum absolute atomic E-state index is 13.3. The fraction of sp³-hybridized carbons (Fsp3) is 0.318. The standard InChI is InChI=1S/C22H22Cl2O5/c1-4-17(20(25)14-7-11-16(24)12-8-14)18(13-5-9-15(23)10-6-13)19(21(26)28-2)22(27)29-3/h5-12,17-19H,4H2,1-3H3/t17-,18-/m0/s1. The smallest absolute Gasteiger partial charge is 0.320 e. The van der Waals surface area contributed by atoms with Crippen LogP contribution in [-0.2, 0) is 19.1 Å². The third-order valence-electron chi connectivity index (χ3n) is 4.86. The van der Waals surface area contributed by atoms with Gasteiger partial charge in [0.1, 0.15) is 0 Å². The van der Waals surface area contributed by atoms with Crippen LogP contribution in [0.1, 0.15) is 35.2 Å². The molecular formula is C22H22Cl2O5. The van der Waals surface area contributed by atoms with Crippen molar-refractivity contribution in [2.45, 2.75) is 19.3 Å². The van der Waals surface area contributed by atoms with Crippen molar-refractivity contribution in [3.63, 3.8) is 0 Å². The van der Waals surface area contributed by atoms with E-state index in [9.17, 15) is 14.4 Å². The van der Waals surface area contributed by atoms with Crippen molar-refractivity contribution in [1.29, 1.82) is 0 Å². The molecule has 2 aromatic carbocycles. The Kier molecular flexibility index (Phi) is 8.23. The summed E-state index contributed by atoms with van der Waals surface area (Å²) in [6.07, 6.45) is 0.388. The van der Waals surface area contributed by atoms with E-state index in [0.717, 1.165) is 0 Å². The molecule has 0 aromatic heterocycles. The van der Waals surface area contributed by atoms with Gasteiger partial charge >= 0.3 is 11.9 Å². The zero-order chi connectivity index (χ0) is 21.6. The molecule has 5 nitrogen and oxygen atoms in total. The number of rotatable bonds is 8. The molecule has 0 aliphatic heterocycles. The van der Waals surface area contributed by atoms with Crippen LogP contribution in [0.4, 0.5) is 0 Å². The van der Waals surface area contributed by atoms with E-state index in [4.69, 9.17) is 32.7 Å². The van der Waals surface area contributed by atoms with Gasteiger partial charge in [0, 0.05) is 27.4 Å². The van der Waals surface area contributed by atoms with E-state index in [1.54, 1.807) is 48.5 Å². The number of methoxy groups -OCH3 is 2. The second-order valence-corrected chi connectivity index (χ2v) is 7.36. The Hall–Kier alpha value is -2.37. The molecule has 154 valence electrons. The summed E-state index contributed by atoms with van der Waals surface area (Å²) < 4.78 is 9.73. The minimum Gasteiger partial charge on any atom is -0.468 e. The summed E-state index contributed by atoms with van der Waals surface area (Å²) in [5, 5.41) is 1.00. The Morgan fingerprint density at radius 1 is 0.828 bits per heavy atom. The fourth-order valence-corrected chi connectivity index (χ4v) is 3.67. The number of halogens is 2. The van der Waals surface area contributed by atoms with Gasteiger partial charge in [0.05, 0.1) is 14.2 Å². The quantitative estimate of drug-likeness (QED) is 0.332. The van der Waals surface area contributed by atoms with Crippen molar-refractivity contribution in [2.75, 3.05) is 14.2 Å². The number of ether oxygens (including phenoxy) is 2. The maximum Gasteiger partial charge on any atom is 0.320 e. The summed E-state index contributed by atoms with van der Waals surface area (Å²) in [4.78, 5) is 38.4. The zero-order valence-electron chi connectivity index (χ0n) is 16.4. The van der Waals surface area contributed by atoms with Crippen molar-refractivity contribution in [1.82, 2.24) is 0 Å². The number of carbonyl (C=O) groups excluding carboxylic acids is 3. The summed E-state index contributed by atoms with van der Waals surface area (Å²) in [5.74, 6) is -4.51. The van der Waals surface area contributed by atoms with E-state index in [0.29, 0.717) is 27.6 Å². The average Bonchev–Trinajstić information content (AvgIpc) is 2.73. The highest BCUT2D eigenvalue weighted by Crippen LogP contribution is 2.38. The van der Waals surface area contributed by atoms with Crippen LogP contribution in [-0.4, -0.2) is 31.9 Å².